The van der Waals surface area contributed by atoms with Crippen LogP contribution in [0.25, 0.3) is 0 Å². The largest absolute Gasteiger partial charge is 0.480 e. The molecule has 4 atom stereocenters. The van der Waals surface area contributed by atoms with Gasteiger partial charge in [-0.25, -0.2) is 9.78 Å². The van der Waals surface area contributed by atoms with Crippen LogP contribution in [0, 0.1) is 0 Å². The van der Waals surface area contributed by atoms with Crippen molar-refractivity contribution in [2.45, 2.75) is 56.8 Å². The number of aliphatic carboxylic acids is 1. The molecule has 2 heterocycles. The second-order valence-electron chi connectivity index (χ2n) is 7.38. The summed E-state index contributed by atoms with van der Waals surface area (Å²) >= 11 is 0. The van der Waals surface area contributed by atoms with E-state index in [0.29, 0.717) is 18.5 Å². The molecule has 31 heavy (non-hydrogen) atoms. The number of carboxylic acid groups (broad SMARTS) is 1. The smallest absolute Gasteiger partial charge is 0.326 e. The molecule has 1 fully saturated rings. The van der Waals surface area contributed by atoms with Crippen LogP contribution in [-0.2, 0) is 30.4 Å². The molecule has 1 saturated heterocycles. The average molecular weight is 437 g/mol. The summed E-state index contributed by atoms with van der Waals surface area (Å²) in [6, 6.07) is -4.26. The lowest BCUT2D eigenvalue weighted by atomic mass is 10.1. The Morgan fingerprint density at radius 1 is 1.32 bits per heavy atom. The average Bonchev–Trinajstić information content (AvgIpc) is 3.37. The van der Waals surface area contributed by atoms with Crippen molar-refractivity contribution in [1.82, 2.24) is 25.5 Å². The molecule has 0 spiro atoms. The fourth-order valence-corrected chi connectivity index (χ4v) is 3.31. The summed E-state index contributed by atoms with van der Waals surface area (Å²) in [4.78, 5) is 67.8. The summed E-state index contributed by atoms with van der Waals surface area (Å²) in [7, 11) is 0. The number of imidazole rings is 1. The van der Waals surface area contributed by atoms with Crippen molar-refractivity contribution in [3.05, 3.63) is 18.2 Å². The Kier molecular flexibility index (Phi) is 8.07. The second-order valence-corrected chi connectivity index (χ2v) is 7.38. The van der Waals surface area contributed by atoms with Gasteiger partial charge in [-0.2, -0.15) is 0 Å². The fraction of sp³-hybridized carbons (Fsp3) is 0.556. The van der Waals surface area contributed by atoms with Gasteiger partial charge < -0.3 is 37.1 Å². The quantitative estimate of drug-likeness (QED) is 0.225. The number of carboxylic acids is 1. The summed E-state index contributed by atoms with van der Waals surface area (Å²) in [5.41, 5.74) is 11.3. The monoisotopic (exact) mass is 437 g/mol. The fourth-order valence-electron chi connectivity index (χ4n) is 3.31. The van der Waals surface area contributed by atoms with E-state index in [-0.39, 0.29) is 19.4 Å². The van der Waals surface area contributed by atoms with Crippen LogP contribution in [0.4, 0.5) is 0 Å². The van der Waals surface area contributed by atoms with Gasteiger partial charge in [0.25, 0.3) is 0 Å². The minimum absolute atomic E-state index is 0.00953. The molecule has 170 valence electrons. The van der Waals surface area contributed by atoms with Crippen LogP contribution in [0.2, 0.25) is 0 Å². The maximum absolute atomic E-state index is 12.6. The number of nitrogens with two attached hydrogens (primary N) is 2. The van der Waals surface area contributed by atoms with Crippen molar-refractivity contribution in [3.63, 3.8) is 0 Å². The van der Waals surface area contributed by atoms with Crippen LogP contribution in [0.5, 0.6) is 0 Å². The molecular weight excluding hydrogens is 410 g/mol. The number of nitrogens with zero attached hydrogens (tertiary/aromatic N) is 2. The maximum atomic E-state index is 12.6. The van der Waals surface area contributed by atoms with Gasteiger partial charge >= 0.3 is 5.97 Å². The van der Waals surface area contributed by atoms with Crippen LogP contribution >= 0.6 is 0 Å². The number of carbonyl (C=O) groups is 5. The van der Waals surface area contributed by atoms with Crippen LogP contribution in [-0.4, -0.2) is 80.3 Å². The Morgan fingerprint density at radius 2 is 2.03 bits per heavy atom. The third kappa shape index (κ3) is 6.50. The van der Waals surface area contributed by atoms with Gasteiger partial charge in [0, 0.05) is 24.9 Å². The molecule has 4 unspecified atom stereocenters. The number of likely N-dealkylation sites (tertiary alicyclic amines) is 1. The Morgan fingerprint density at radius 3 is 2.61 bits per heavy atom. The SMILES string of the molecule is CC(NC(=O)C1CCCN1C(=O)C(N)CC(N)=O)C(=O)NC(Cc1cnc[nH]1)C(=O)O. The minimum atomic E-state index is -1.24. The van der Waals surface area contributed by atoms with Crippen LogP contribution < -0.4 is 22.1 Å². The number of nitrogens with one attached hydrogen (secondary N) is 3. The van der Waals surface area contributed by atoms with E-state index in [1.807, 2.05) is 0 Å². The number of primary amides is 1. The van der Waals surface area contributed by atoms with Gasteiger partial charge in [-0.3, -0.25) is 19.2 Å². The molecule has 1 aromatic heterocycles. The molecule has 0 saturated carbocycles. The molecule has 8 N–H and O–H groups in total. The van der Waals surface area contributed by atoms with E-state index in [1.165, 1.54) is 24.3 Å². The van der Waals surface area contributed by atoms with Crippen LogP contribution in [0.15, 0.2) is 12.5 Å². The van der Waals surface area contributed by atoms with Gasteiger partial charge in [0.2, 0.25) is 23.6 Å². The maximum Gasteiger partial charge on any atom is 0.326 e. The van der Waals surface area contributed by atoms with E-state index in [0.717, 1.165) is 0 Å². The second kappa shape index (κ2) is 10.5. The van der Waals surface area contributed by atoms with Gasteiger partial charge in [-0.15, -0.1) is 0 Å². The number of aromatic nitrogens is 2. The standard InChI is InChI=1S/C18H27N7O6/c1-9(15(27)24-12(18(30)31)5-10-7-21-8-22-10)23-16(28)13-3-2-4-25(13)17(29)11(19)6-14(20)26/h7-9,11-13H,2-6,19H2,1H3,(H2,20,26)(H,21,22)(H,23,28)(H,24,27)(H,30,31). The first kappa shape index (κ1) is 23.8. The lowest BCUT2D eigenvalue weighted by molar-refractivity contribution is -0.143. The molecule has 0 aromatic carbocycles. The van der Waals surface area contributed by atoms with E-state index < -0.39 is 53.8 Å². The molecule has 1 aromatic rings. The normalized spacial score (nSPS) is 18.6. The van der Waals surface area contributed by atoms with E-state index in [1.54, 1.807) is 0 Å². The van der Waals surface area contributed by atoms with Crippen LogP contribution in [0.1, 0.15) is 31.9 Å². The van der Waals surface area contributed by atoms with E-state index in [9.17, 15) is 29.1 Å². The molecule has 0 aliphatic carbocycles. The topological polar surface area (TPSA) is 214 Å². The highest BCUT2D eigenvalue weighted by atomic mass is 16.4. The Hall–Kier alpha value is -3.48. The Balaban J connectivity index is 1.95. The highest BCUT2D eigenvalue weighted by Crippen LogP contribution is 2.19. The summed E-state index contributed by atoms with van der Waals surface area (Å²) < 4.78 is 0. The lowest BCUT2D eigenvalue weighted by Gasteiger charge is -2.27. The first-order chi connectivity index (χ1) is 14.6. The van der Waals surface area contributed by atoms with Crippen molar-refractivity contribution < 1.29 is 29.1 Å². The molecule has 2 rings (SSSR count). The van der Waals surface area contributed by atoms with Crippen molar-refractivity contribution in [2.75, 3.05) is 6.54 Å². The predicted octanol–water partition coefficient (Wildman–Crippen LogP) is -2.78. The zero-order chi connectivity index (χ0) is 23.1. The molecule has 4 amide bonds. The van der Waals surface area contributed by atoms with Gasteiger partial charge in [0.05, 0.1) is 18.8 Å². The summed E-state index contributed by atoms with van der Waals surface area (Å²) in [6.45, 7) is 1.69. The Bertz CT molecular complexity index is 827. The van der Waals surface area contributed by atoms with Gasteiger partial charge in [-0.05, 0) is 19.8 Å². The molecule has 13 nitrogen and oxygen atoms in total. The van der Waals surface area contributed by atoms with E-state index >= 15 is 0 Å². The van der Waals surface area contributed by atoms with Gasteiger partial charge in [0.15, 0.2) is 0 Å². The Labute approximate surface area is 177 Å². The molecule has 0 radical (unpaired) electrons. The summed E-state index contributed by atoms with van der Waals surface area (Å²) in [5, 5.41) is 14.2. The number of hydrogen-bond donors (Lipinski definition) is 6. The highest BCUT2D eigenvalue weighted by Gasteiger charge is 2.37. The molecule has 13 heteroatoms. The number of aromatic amines is 1. The first-order valence-electron chi connectivity index (χ1n) is 9.75. The first-order valence-corrected chi connectivity index (χ1v) is 9.75. The summed E-state index contributed by atoms with van der Waals surface area (Å²) in [6.07, 6.45) is 3.41. The molecular formula is C18H27N7O6. The number of H-pyrrole nitrogens is 1. The highest BCUT2D eigenvalue weighted by molar-refractivity contribution is 5.95. The van der Waals surface area contributed by atoms with Crippen molar-refractivity contribution in [2.24, 2.45) is 11.5 Å². The van der Waals surface area contributed by atoms with E-state index in [2.05, 4.69) is 20.6 Å². The third-order valence-electron chi connectivity index (χ3n) is 4.92. The lowest BCUT2D eigenvalue weighted by Crippen LogP contribution is -2.56. The molecule has 1 aliphatic heterocycles. The molecule has 0 bridgehead atoms. The molecule has 1 aliphatic rings. The minimum Gasteiger partial charge on any atom is -0.480 e. The number of amides is 4. The zero-order valence-corrected chi connectivity index (χ0v) is 17.0. The number of rotatable bonds is 10. The summed E-state index contributed by atoms with van der Waals surface area (Å²) in [5.74, 6) is -3.80. The van der Waals surface area contributed by atoms with E-state index in [4.69, 9.17) is 11.5 Å². The van der Waals surface area contributed by atoms with Crippen molar-refractivity contribution in [1.29, 1.82) is 0 Å². The number of hydrogen-bond acceptors (Lipinski definition) is 7. The van der Waals surface area contributed by atoms with Gasteiger partial charge in [0.1, 0.15) is 18.1 Å². The zero-order valence-electron chi connectivity index (χ0n) is 17.0. The third-order valence-corrected chi connectivity index (χ3v) is 4.92. The number of carbonyl (C=O) groups excluding carboxylic acids is 4. The van der Waals surface area contributed by atoms with Crippen LogP contribution in [0.3, 0.4) is 0 Å². The van der Waals surface area contributed by atoms with Crippen molar-refractivity contribution >= 4 is 29.6 Å². The van der Waals surface area contributed by atoms with Gasteiger partial charge in [-0.1, -0.05) is 0 Å². The predicted molar refractivity (Wildman–Crippen MR) is 106 cm³/mol. The van der Waals surface area contributed by atoms with Crippen molar-refractivity contribution in [3.8, 4) is 0 Å².